The predicted molar refractivity (Wildman–Crippen MR) is 136 cm³/mol. The summed E-state index contributed by atoms with van der Waals surface area (Å²) in [7, 11) is 1.48. The second kappa shape index (κ2) is 9.19. The summed E-state index contributed by atoms with van der Waals surface area (Å²) in [6.07, 6.45) is -3.38. The van der Waals surface area contributed by atoms with Crippen molar-refractivity contribution in [2.24, 2.45) is 0 Å². The summed E-state index contributed by atoms with van der Waals surface area (Å²) in [6, 6.07) is 13.3. The van der Waals surface area contributed by atoms with Crippen molar-refractivity contribution >= 4 is 34.0 Å². The molecule has 2 amide bonds. The van der Waals surface area contributed by atoms with Crippen LogP contribution in [-0.4, -0.2) is 45.4 Å². The first-order chi connectivity index (χ1) is 18.7. The third kappa shape index (κ3) is 4.32. The number of amides is 2. The lowest BCUT2D eigenvalue weighted by Gasteiger charge is -2.28. The molecule has 0 saturated heterocycles. The molecule has 1 saturated carbocycles. The first-order valence-electron chi connectivity index (χ1n) is 12.0. The van der Waals surface area contributed by atoms with E-state index in [-0.39, 0.29) is 30.1 Å². The quantitative estimate of drug-likeness (QED) is 0.373. The molecular formula is C26H21F3N6O3S. The van der Waals surface area contributed by atoms with Gasteiger partial charge in [0.15, 0.2) is 5.69 Å². The number of alkyl halides is 3. The van der Waals surface area contributed by atoms with E-state index in [1.807, 2.05) is 0 Å². The van der Waals surface area contributed by atoms with E-state index in [1.54, 1.807) is 48.5 Å². The molecule has 200 valence electrons. The van der Waals surface area contributed by atoms with Crippen LogP contribution in [0.25, 0.3) is 5.69 Å². The number of hydrogen-bond acceptors (Lipinski definition) is 7. The minimum atomic E-state index is -4.71. The minimum Gasteiger partial charge on any atom is -0.497 e. The molecule has 1 aliphatic heterocycles. The van der Waals surface area contributed by atoms with E-state index in [0.717, 1.165) is 10.2 Å². The van der Waals surface area contributed by atoms with Crippen LogP contribution in [0.5, 0.6) is 5.75 Å². The van der Waals surface area contributed by atoms with Crippen LogP contribution in [0.1, 0.15) is 40.2 Å². The maximum Gasteiger partial charge on any atom is 0.435 e. The Balaban J connectivity index is 1.31. The van der Waals surface area contributed by atoms with E-state index in [2.05, 4.69) is 20.6 Å². The van der Waals surface area contributed by atoms with Crippen molar-refractivity contribution in [3.8, 4) is 11.4 Å². The Bertz CT molecular complexity index is 1550. The zero-order valence-corrected chi connectivity index (χ0v) is 21.3. The van der Waals surface area contributed by atoms with E-state index >= 15 is 0 Å². The van der Waals surface area contributed by atoms with E-state index in [4.69, 9.17) is 4.74 Å². The number of aromatic nitrogens is 4. The van der Waals surface area contributed by atoms with Gasteiger partial charge in [-0.3, -0.25) is 14.9 Å². The second-order valence-corrected chi connectivity index (χ2v) is 10.2. The Morgan fingerprint density at radius 3 is 2.36 bits per heavy atom. The van der Waals surface area contributed by atoms with Crippen molar-refractivity contribution < 1.29 is 27.5 Å². The zero-order chi connectivity index (χ0) is 27.4. The van der Waals surface area contributed by atoms with Crippen LogP contribution < -0.4 is 15.0 Å². The van der Waals surface area contributed by atoms with Crippen molar-refractivity contribution in [2.45, 2.75) is 30.9 Å². The standard InChI is InChI=1S/C26H21F3N6O3S/c1-38-18-8-6-17(7-9-18)35-20-19(21(33-35)26(27,28)29)10-13-34(22(20)36)16-4-2-15(3-5-16)25(11-12-25)23(37)31-24-32-30-14-39-24/h2-9,14H,10-13H2,1H3,(H,31,32,37). The topological polar surface area (TPSA) is 102 Å². The molecule has 39 heavy (non-hydrogen) atoms. The maximum atomic E-state index is 13.9. The van der Waals surface area contributed by atoms with E-state index in [0.29, 0.717) is 35.1 Å². The van der Waals surface area contributed by atoms with Gasteiger partial charge >= 0.3 is 6.18 Å². The van der Waals surface area contributed by atoms with E-state index in [1.165, 1.54) is 28.9 Å². The SMILES string of the molecule is COc1ccc(-n2nc(C(F)(F)F)c3c2C(=O)N(c2ccc(C4(C(=O)Nc5nncs5)CC4)cc2)CC3)cc1. The van der Waals surface area contributed by atoms with Gasteiger partial charge in [-0.05, 0) is 61.2 Å². The summed E-state index contributed by atoms with van der Waals surface area (Å²) in [5.41, 5.74) is 1.16. The summed E-state index contributed by atoms with van der Waals surface area (Å²) in [5.74, 6) is -0.235. The van der Waals surface area contributed by atoms with Gasteiger partial charge in [0.2, 0.25) is 11.0 Å². The van der Waals surface area contributed by atoms with Crippen molar-refractivity contribution in [2.75, 3.05) is 23.9 Å². The highest BCUT2D eigenvalue weighted by molar-refractivity contribution is 7.13. The van der Waals surface area contributed by atoms with Crippen LogP contribution in [0, 0.1) is 0 Å². The number of ether oxygens (including phenoxy) is 1. The highest BCUT2D eigenvalue weighted by Crippen LogP contribution is 2.49. The van der Waals surface area contributed by atoms with Crippen LogP contribution in [0.4, 0.5) is 24.0 Å². The van der Waals surface area contributed by atoms with Crippen molar-refractivity contribution in [3.63, 3.8) is 0 Å². The number of halogens is 3. The first kappa shape index (κ1) is 25.0. The fourth-order valence-corrected chi connectivity index (χ4v) is 5.36. The third-order valence-corrected chi connectivity index (χ3v) is 7.71. The molecular weight excluding hydrogens is 533 g/mol. The molecule has 6 rings (SSSR count). The number of nitrogens with zero attached hydrogens (tertiary/aromatic N) is 5. The average Bonchev–Trinajstić information content (AvgIpc) is 3.39. The maximum absolute atomic E-state index is 13.9. The largest absolute Gasteiger partial charge is 0.497 e. The Kier molecular flexibility index (Phi) is 5.90. The van der Waals surface area contributed by atoms with Gasteiger partial charge in [0.05, 0.1) is 18.2 Å². The number of anilines is 2. The molecule has 2 aromatic carbocycles. The average molecular weight is 555 g/mol. The number of methoxy groups -OCH3 is 1. The molecule has 2 aromatic heterocycles. The lowest BCUT2D eigenvalue weighted by atomic mass is 9.94. The zero-order valence-electron chi connectivity index (χ0n) is 20.5. The third-order valence-electron chi connectivity index (χ3n) is 7.10. The molecule has 13 heteroatoms. The number of benzene rings is 2. The molecule has 2 aliphatic rings. The predicted octanol–water partition coefficient (Wildman–Crippen LogP) is 4.62. The Morgan fingerprint density at radius 2 is 1.77 bits per heavy atom. The van der Waals surface area contributed by atoms with Gasteiger partial charge in [-0.25, -0.2) is 4.68 Å². The Hall–Kier alpha value is -4.26. The summed E-state index contributed by atoms with van der Waals surface area (Å²) in [5, 5.41) is 14.6. The van der Waals surface area contributed by atoms with Crippen LogP contribution in [0.2, 0.25) is 0 Å². The molecule has 4 aromatic rings. The van der Waals surface area contributed by atoms with Gasteiger partial charge in [-0.1, -0.05) is 23.5 Å². The van der Waals surface area contributed by atoms with Crippen molar-refractivity contribution in [3.05, 3.63) is 76.6 Å². The van der Waals surface area contributed by atoms with Crippen LogP contribution in [-0.2, 0) is 22.8 Å². The summed E-state index contributed by atoms with van der Waals surface area (Å²) < 4.78 is 47.8. The fraction of sp³-hybridized carbons (Fsp3) is 0.269. The molecule has 0 spiro atoms. The smallest absolute Gasteiger partial charge is 0.435 e. The second-order valence-electron chi connectivity index (χ2n) is 9.32. The molecule has 9 nitrogen and oxygen atoms in total. The lowest BCUT2D eigenvalue weighted by molar-refractivity contribution is -0.142. The van der Waals surface area contributed by atoms with Gasteiger partial charge < -0.3 is 9.64 Å². The monoisotopic (exact) mass is 554 g/mol. The summed E-state index contributed by atoms with van der Waals surface area (Å²) in [6.45, 7) is 0.0608. The molecule has 3 heterocycles. The number of fused-ring (bicyclic) bond motifs is 1. The minimum absolute atomic E-state index is 0.0119. The highest BCUT2D eigenvalue weighted by atomic mass is 32.1. The fourth-order valence-electron chi connectivity index (χ4n) is 4.92. The molecule has 0 atom stereocenters. The van der Waals surface area contributed by atoms with Gasteiger partial charge in [0, 0.05) is 17.8 Å². The van der Waals surface area contributed by atoms with Crippen LogP contribution >= 0.6 is 11.3 Å². The van der Waals surface area contributed by atoms with Crippen LogP contribution in [0.3, 0.4) is 0 Å². The number of carbonyl (C=O) groups excluding carboxylic acids is 2. The molecule has 1 aliphatic carbocycles. The molecule has 0 unspecified atom stereocenters. The highest BCUT2D eigenvalue weighted by Gasteiger charge is 2.51. The Labute approximate surface area is 224 Å². The Morgan fingerprint density at radius 1 is 1.08 bits per heavy atom. The summed E-state index contributed by atoms with van der Waals surface area (Å²) >= 11 is 1.23. The normalized spacial score (nSPS) is 16.1. The van der Waals surface area contributed by atoms with Crippen molar-refractivity contribution in [1.29, 1.82) is 0 Å². The molecule has 1 fully saturated rings. The van der Waals surface area contributed by atoms with Gasteiger partial charge in [-0.2, -0.15) is 18.3 Å². The number of nitrogens with one attached hydrogen (secondary N) is 1. The van der Waals surface area contributed by atoms with Crippen molar-refractivity contribution in [1.82, 2.24) is 20.0 Å². The van der Waals surface area contributed by atoms with Crippen LogP contribution in [0.15, 0.2) is 54.0 Å². The molecule has 0 bridgehead atoms. The van der Waals surface area contributed by atoms with Gasteiger partial charge in [-0.15, -0.1) is 10.2 Å². The molecule has 1 N–H and O–H groups in total. The first-order valence-corrected chi connectivity index (χ1v) is 12.9. The lowest BCUT2D eigenvalue weighted by Crippen LogP contribution is -2.39. The van der Waals surface area contributed by atoms with E-state index in [9.17, 15) is 22.8 Å². The van der Waals surface area contributed by atoms with Gasteiger partial charge in [0.1, 0.15) is 17.0 Å². The number of carbonyl (C=O) groups is 2. The number of rotatable bonds is 6. The van der Waals surface area contributed by atoms with E-state index < -0.39 is 23.2 Å². The molecule has 0 radical (unpaired) electrons. The van der Waals surface area contributed by atoms with Gasteiger partial charge in [0.25, 0.3) is 5.91 Å². The summed E-state index contributed by atoms with van der Waals surface area (Å²) in [4.78, 5) is 28.0. The number of hydrogen-bond donors (Lipinski definition) is 1.